The maximum Gasteiger partial charge on any atom is 0.269 e. The first kappa shape index (κ1) is 11.1. The van der Waals surface area contributed by atoms with E-state index in [-0.39, 0.29) is 5.69 Å². The van der Waals surface area contributed by atoms with Gasteiger partial charge in [-0.25, -0.2) is 9.97 Å². The molecule has 0 saturated carbocycles. The van der Waals surface area contributed by atoms with Gasteiger partial charge in [-0.05, 0) is 12.1 Å². The van der Waals surface area contributed by atoms with E-state index in [0.717, 1.165) is 0 Å². The number of nitro benzene ring substituents is 1. The van der Waals surface area contributed by atoms with Crippen LogP contribution >= 0.6 is 0 Å². The van der Waals surface area contributed by atoms with E-state index < -0.39 is 4.92 Å². The van der Waals surface area contributed by atoms with Crippen LogP contribution < -0.4 is 5.73 Å². The summed E-state index contributed by atoms with van der Waals surface area (Å²) in [6.07, 6.45) is 1.57. The van der Waals surface area contributed by atoms with E-state index in [1.807, 2.05) is 0 Å². The molecule has 3 rings (SSSR count). The number of non-ortho nitro benzene ring substituents is 1. The summed E-state index contributed by atoms with van der Waals surface area (Å²) >= 11 is 0. The van der Waals surface area contributed by atoms with Gasteiger partial charge in [0.05, 0.1) is 10.3 Å². The van der Waals surface area contributed by atoms with E-state index in [2.05, 4.69) is 20.2 Å². The molecular formula is C11H8N6O2. The molecule has 3 N–H and O–H groups in total. The van der Waals surface area contributed by atoms with Crippen LogP contribution in [0.2, 0.25) is 0 Å². The van der Waals surface area contributed by atoms with E-state index in [1.165, 1.54) is 12.1 Å². The summed E-state index contributed by atoms with van der Waals surface area (Å²) in [6.45, 7) is 0. The Hall–Kier alpha value is -3.03. The molecular weight excluding hydrogens is 248 g/mol. The summed E-state index contributed by atoms with van der Waals surface area (Å²) in [5, 5.41) is 17.8. The highest BCUT2D eigenvalue weighted by molar-refractivity contribution is 5.85. The van der Waals surface area contributed by atoms with Gasteiger partial charge in [-0.1, -0.05) is 0 Å². The zero-order chi connectivity index (χ0) is 13.4. The van der Waals surface area contributed by atoms with Crippen LogP contribution in [0.25, 0.3) is 22.4 Å². The molecule has 3 aromatic rings. The number of benzene rings is 1. The molecule has 0 atom stereocenters. The molecule has 94 valence electrons. The molecule has 2 aromatic heterocycles. The van der Waals surface area contributed by atoms with Crippen molar-refractivity contribution in [3.63, 3.8) is 0 Å². The predicted octanol–water partition coefficient (Wildman–Crippen LogP) is 1.51. The number of nitrogens with one attached hydrogen (secondary N) is 1. The van der Waals surface area contributed by atoms with Crippen LogP contribution in [-0.2, 0) is 0 Å². The van der Waals surface area contributed by atoms with Gasteiger partial charge in [-0.15, -0.1) is 0 Å². The number of aromatic nitrogens is 4. The summed E-state index contributed by atoms with van der Waals surface area (Å²) in [7, 11) is 0. The third kappa shape index (κ3) is 1.84. The molecule has 0 radical (unpaired) electrons. The maximum absolute atomic E-state index is 10.6. The molecule has 0 amide bonds. The third-order valence-electron chi connectivity index (χ3n) is 2.68. The summed E-state index contributed by atoms with van der Waals surface area (Å²) in [6, 6.07) is 5.99. The molecule has 8 nitrogen and oxygen atoms in total. The third-order valence-corrected chi connectivity index (χ3v) is 2.68. The topological polar surface area (TPSA) is 124 Å². The van der Waals surface area contributed by atoms with Crippen molar-refractivity contribution in [1.29, 1.82) is 0 Å². The fraction of sp³-hybridized carbons (Fsp3) is 0. The van der Waals surface area contributed by atoms with Gasteiger partial charge in [0, 0.05) is 23.9 Å². The minimum atomic E-state index is -0.456. The lowest BCUT2D eigenvalue weighted by molar-refractivity contribution is -0.384. The smallest absolute Gasteiger partial charge is 0.269 e. The summed E-state index contributed by atoms with van der Waals surface area (Å²) < 4.78 is 0. The number of nitrogens with two attached hydrogens (primary N) is 1. The normalized spacial score (nSPS) is 10.7. The van der Waals surface area contributed by atoms with Crippen LogP contribution in [-0.4, -0.2) is 25.1 Å². The minimum Gasteiger partial charge on any atom is -0.383 e. The molecule has 0 aliphatic heterocycles. The molecule has 0 fully saturated rings. The van der Waals surface area contributed by atoms with Crippen molar-refractivity contribution in [2.24, 2.45) is 0 Å². The highest BCUT2D eigenvalue weighted by atomic mass is 16.6. The lowest BCUT2D eigenvalue weighted by Gasteiger charge is -1.99. The molecule has 2 heterocycles. The molecule has 8 heteroatoms. The number of anilines is 1. The Morgan fingerprint density at radius 3 is 2.68 bits per heavy atom. The average Bonchev–Trinajstić information content (AvgIpc) is 2.80. The van der Waals surface area contributed by atoms with Crippen molar-refractivity contribution in [2.45, 2.75) is 0 Å². The Balaban J connectivity index is 2.05. The fourth-order valence-electron chi connectivity index (χ4n) is 1.69. The van der Waals surface area contributed by atoms with Gasteiger partial charge < -0.3 is 5.73 Å². The van der Waals surface area contributed by atoms with E-state index in [9.17, 15) is 10.1 Å². The van der Waals surface area contributed by atoms with Crippen molar-refractivity contribution >= 4 is 22.5 Å². The second-order valence-corrected chi connectivity index (χ2v) is 3.87. The zero-order valence-corrected chi connectivity index (χ0v) is 9.57. The monoisotopic (exact) mass is 256 g/mol. The van der Waals surface area contributed by atoms with Crippen molar-refractivity contribution in [2.75, 3.05) is 5.73 Å². The standard InChI is InChI=1S/C11H8N6O2/c12-9-8-5-13-10(14-11(8)16-15-9)6-1-3-7(4-2-6)17(18)19/h1-5H,(H3,12,13,14,15,16). The lowest BCUT2D eigenvalue weighted by Crippen LogP contribution is -1.91. The summed E-state index contributed by atoms with van der Waals surface area (Å²) in [5.74, 6) is 0.846. The van der Waals surface area contributed by atoms with Crippen LogP contribution in [0.5, 0.6) is 0 Å². The first-order valence-corrected chi connectivity index (χ1v) is 5.36. The highest BCUT2D eigenvalue weighted by Gasteiger charge is 2.09. The first-order valence-electron chi connectivity index (χ1n) is 5.36. The van der Waals surface area contributed by atoms with Crippen LogP contribution in [0.3, 0.4) is 0 Å². The quantitative estimate of drug-likeness (QED) is 0.529. The largest absolute Gasteiger partial charge is 0.383 e. The Bertz CT molecular complexity index is 764. The van der Waals surface area contributed by atoms with Crippen molar-refractivity contribution in [3.05, 3.63) is 40.6 Å². The number of hydrogen-bond acceptors (Lipinski definition) is 6. The molecule has 1 aromatic carbocycles. The van der Waals surface area contributed by atoms with Crippen molar-refractivity contribution < 1.29 is 4.92 Å². The van der Waals surface area contributed by atoms with E-state index in [0.29, 0.717) is 28.2 Å². The Labute approximate surface area is 106 Å². The Morgan fingerprint density at radius 2 is 2.00 bits per heavy atom. The minimum absolute atomic E-state index is 0.0221. The van der Waals surface area contributed by atoms with Gasteiger partial charge >= 0.3 is 0 Å². The summed E-state index contributed by atoms with van der Waals surface area (Å²) in [4.78, 5) is 18.5. The number of nitro groups is 1. The second kappa shape index (κ2) is 4.02. The van der Waals surface area contributed by atoms with Gasteiger partial charge in [0.1, 0.15) is 5.82 Å². The van der Waals surface area contributed by atoms with E-state index in [4.69, 9.17) is 5.73 Å². The molecule has 0 bridgehead atoms. The van der Waals surface area contributed by atoms with Gasteiger partial charge in [-0.2, -0.15) is 5.10 Å². The van der Waals surface area contributed by atoms with Crippen molar-refractivity contribution in [3.8, 4) is 11.4 Å². The predicted molar refractivity (Wildman–Crippen MR) is 68.2 cm³/mol. The molecule has 0 unspecified atom stereocenters. The molecule has 0 aliphatic rings. The number of aromatic amines is 1. The number of hydrogen-bond donors (Lipinski definition) is 2. The number of rotatable bonds is 2. The fourth-order valence-corrected chi connectivity index (χ4v) is 1.69. The average molecular weight is 256 g/mol. The van der Waals surface area contributed by atoms with Crippen LogP contribution in [0.4, 0.5) is 11.5 Å². The number of nitrogen functional groups attached to an aromatic ring is 1. The maximum atomic E-state index is 10.6. The zero-order valence-electron chi connectivity index (χ0n) is 9.57. The van der Waals surface area contributed by atoms with Gasteiger partial charge in [0.15, 0.2) is 11.5 Å². The first-order chi connectivity index (χ1) is 9.15. The lowest BCUT2D eigenvalue weighted by atomic mass is 10.2. The Morgan fingerprint density at radius 1 is 1.26 bits per heavy atom. The number of nitrogens with zero attached hydrogens (tertiary/aromatic N) is 4. The second-order valence-electron chi connectivity index (χ2n) is 3.87. The molecule has 19 heavy (non-hydrogen) atoms. The molecule has 0 aliphatic carbocycles. The van der Waals surface area contributed by atoms with E-state index in [1.54, 1.807) is 18.3 Å². The van der Waals surface area contributed by atoms with Crippen LogP contribution in [0.1, 0.15) is 0 Å². The van der Waals surface area contributed by atoms with Crippen LogP contribution in [0, 0.1) is 10.1 Å². The van der Waals surface area contributed by atoms with Crippen molar-refractivity contribution in [1.82, 2.24) is 20.2 Å². The Kier molecular flexibility index (Phi) is 2.34. The van der Waals surface area contributed by atoms with Gasteiger partial charge in [0.2, 0.25) is 0 Å². The SMILES string of the molecule is Nc1[nH]nc2nc(-c3ccc([N+](=O)[O-])cc3)ncc12. The van der Waals surface area contributed by atoms with Gasteiger partial charge in [0.25, 0.3) is 5.69 Å². The highest BCUT2D eigenvalue weighted by Crippen LogP contribution is 2.22. The van der Waals surface area contributed by atoms with Crippen LogP contribution in [0.15, 0.2) is 30.5 Å². The number of fused-ring (bicyclic) bond motifs is 1. The number of H-pyrrole nitrogens is 1. The van der Waals surface area contributed by atoms with Gasteiger partial charge in [-0.3, -0.25) is 15.2 Å². The van der Waals surface area contributed by atoms with E-state index >= 15 is 0 Å². The summed E-state index contributed by atoms with van der Waals surface area (Å²) in [5.41, 5.74) is 6.80. The molecule has 0 saturated heterocycles. The molecule has 0 spiro atoms.